The average Bonchev–Trinajstić information content (AvgIpc) is 2.61. The van der Waals surface area contributed by atoms with Crippen molar-refractivity contribution in [1.29, 1.82) is 0 Å². The summed E-state index contributed by atoms with van der Waals surface area (Å²) >= 11 is 11.9. The van der Waals surface area contributed by atoms with E-state index in [4.69, 9.17) is 23.2 Å². The van der Waals surface area contributed by atoms with Crippen LogP contribution >= 0.6 is 23.2 Å². The number of aromatic hydroxyl groups is 1. The van der Waals surface area contributed by atoms with Crippen molar-refractivity contribution in [1.82, 2.24) is 9.88 Å². The highest BCUT2D eigenvalue weighted by Gasteiger charge is 2.25. The van der Waals surface area contributed by atoms with E-state index in [2.05, 4.69) is 24.1 Å². The van der Waals surface area contributed by atoms with E-state index in [1.165, 1.54) is 18.3 Å². The second-order valence-electron chi connectivity index (χ2n) is 6.88. The third kappa shape index (κ3) is 4.17. The van der Waals surface area contributed by atoms with Gasteiger partial charge in [0.2, 0.25) is 0 Å². The minimum Gasteiger partial charge on any atom is -0.506 e. The SMILES string of the molecule is CC(C)CCN1Cc2cc(C(=O)c3cc(Cl)cc(Cl)c3O)cnc2NC1=O. The number of carbonyl (C=O) groups is 2. The molecule has 0 aliphatic carbocycles. The number of ketones is 1. The van der Waals surface area contributed by atoms with Gasteiger partial charge in [-0.25, -0.2) is 9.78 Å². The number of phenolic OH excluding ortho intramolecular Hbond substituents is 1. The Morgan fingerprint density at radius 3 is 2.78 bits per heavy atom. The number of aromatic nitrogens is 1. The first-order chi connectivity index (χ1) is 12.8. The fourth-order valence-corrected chi connectivity index (χ4v) is 3.31. The van der Waals surface area contributed by atoms with Crippen molar-refractivity contribution in [2.75, 3.05) is 11.9 Å². The van der Waals surface area contributed by atoms with Gasteiger partial charge in [0.1, 0.15) is 11.6 Å². The number of phenols is 1. The Kier molecular flexibility index (Phi) is 5.58. The number of carbonyl (C=O) groups excluding carboxylic acids is 2. The number of rotatable bonds is 5. The Morgan fingerprint density at radius 1 is 1.33 bits per heavy atom. The van der Waals surface area contributed by atoms with Crippen LogP contribution in [0.2, 0.25) is 10.0 Å². The van der Waals surface area contributed by atoms with E-state index in [1.807, 2.05) is 0 Å². The molecule has 2 amide bonds. The third-order valence-electron chi connectivity index (χ3n) is 4.35. The van der Waals surface area contributed by atoms with Crippen LogP contribution in [0.5, 0.6) is 5.75 Å². The molecule has 2 heterocycles. The van der Waals surface area contributed by atoms with Crippen LogP contribution in [-0.2, 0) is 6.54 Å². The van der Waals surface area contributed by atoms with Gasteiger partial charge in [-0.05, 0) is 30.5 Å². The van der Waals surface area contributed by atoms with Crippen LogP contribution in [-0.4, -0.2) is 33.3 Å². The Balaban J connectivity index is 1.89. The molecule has 1 aliphatic rings. The van der Waals surface area contributed by atoms with E-state index in [9.17, 15) is 14.7 Å². The van der Waals surface area contributed by atoms with Crippen molar-refractivity contribution in [2.24, 2.45) is 5.92 Å². The lowest BCUT2D eigenvalue weighted by atomic mass is 10.0. The zero-order chi connectivity index (χ0) is 19.7. The lowest BCUT2D eigenvalue weighted by molar-refractivity contribution is 0.103. The largest absolute Gasteiger partial charge is 0.506 e. The quantitative estimate of drug-likeness (QED) is 0.702. The number of nitrogens with zero attached hydrogens (tertiary/aromatic N) is 2. The summed E-state index contributed by atoms with van der Waals surface area (Å²) in [4.78, 5) is 30.9. The molecule has 3 rings (SSSR count). The molecular formula is C19H19Cl2N3O3. The van der Waals surface area contributed by atoms with E-state index in [-0.39, 0.29) is 33.0 Å². The molecule has 0 saturated carbocycles. The second-order valence-corrected chi connectivity index (χ2v) is 7.72. The number of anilines is 1. The maximum atomic E-state index is 12.8. The molecule has 0 saturated heterocycles. The van der Waals surface area contributed by atoms with E-state index in [0.717, 1.165) is 12.0 Å². The highest BCUT2D eigenvalue weighted by molar-refractivity contribution is 6.36. The first-order valence-electron chi connectivity index (χ1n) is 8.53. The van der Waals surface area contributed by atoms with Gasteiger partial charge >= 0.3 is 6.03 Å². The average molecular weight is 408 g/mol. The van der Waals surface area contributed by atoms with Gasteiger partial charge in [0.15, 0.2) is 5.78 Å². The molecule has 6 nitrogen and oxygen atoms in total. The second kappa shape index (κ2) is 7.74. The number of amides is 2. The van der Waals surface area contributed by atoms with E-state index < -0.39 is 5.78 Å². The maximum absolute atomic E-state index is 12.8. The predicted octanol–water partition coefficient (Wildman–Crippen LogP) is 4.72. The molecular weight excluding hydrogens is 389 g/mol. The standard InChI is InChI=1S/C19H19Cl2N3O3/c1-10(2)3-4-24-9-12-5-11(8-22-18(12)23-19(24)27)16(25)14-6-13(20)7-15(21)17(14)26/h5-8,10,26H,3-4,9H2,1-2H3,(H,22,23,27). The first kappa shape index (κ1) is 19.5. The minimum atomic E-state index is -0.446. The molecule has 1 aromatic carbocycles. The molecule has 2 N–H and O–H groups in total. The topological polar surface area (TPSA) is 82.5 Å². The van der Waals surface area contributed by atoms with Gasteiger partial charge in [0.25, 0.3) is 0 Å². The molecule has 0 spiro atoms. The summed E-state index contributed by atoms with van der Waals surface area (Å²) in [6, 6.07) is 4.19. The zero-order valence-electron chi connectivity index (χ0n) is 14.9. The van der Waals surface area contributed by atoms with Gasteiger partial charge in [-0.15, -0.1) is 0 Å². The van der Waals surface area contributed by atoms with Crippen LogP contribution in [0.25, 0.3) is 0 Å². The number of pyridine rings is 1. The molecule has 8 heteroatoms. The smallest absolute Gasteiger partial charge is 0.323 e. The van der Waals surface area contributed by atoms with Crippen molar-refractivity contribution in [3.05, 3.63) is 51.1 Å². The van der Waals surface area contributed by atoms with Crippen LogP contribution in [0, 0.1) is 5.92 Å². The van der Waals surface area contributed by atoms with E-state index >= 15 is 0 Å². The Morgan fingerprint density at radius 2 is 2.07 bits per heavy atom. The number of nitrogens with one attached hydrogen (secondary N) is 1. The zero-order valence-corrected chi connectivity index (χ0v) is 16.4. The molecule has 27 heavy (non-hydrogen) atoms. The molecule has 0 atom stereocenters. The molecule has 0 unspecified atom stereocenters. The first-order valence-corrected chi connectivity index (χ1v) is 9.29. The minimum absolute atomic E-state index is 0.00360. The molecule has 1 aromatic heterocycles. The summed E-state index contributed by atoms with van der Waals surface area (Å²) < 4.78 is 0. The number of hydrogen-bond donors (Lipinski definition) is 2. The summed E-state index contributed by atoms with van der Waals surface area (Å²) in [5.41, 5.74) is 1.02. The Bertz CT molecular complexity index is 915. The van der Waals surface area contributed by atoms with Crippen molar-refractivity contribution in [2.45, 2.75) is 26.8 Å². The number of urea groups is 1. The van der Waals surface area contributed by atoms with Gasteiger partial charge in [-0.3, -0.25) is 10.1 Å². The number of hydrogen-bond acceptors (Lipinski definition) is 4. The van der Waals surface area contributed by atoms with Crippen molar-refractivity contribution < 1.29 is 14.7 Å². The number of halogens is 2. The Hall–Kier alpha value is -2.31. The Labute approximate surface area is 167 Å². The summed E-state index contributed by atoms with van der Waals surface area (Å²) in [5.74, 6) is 0.139. The summed E-state index contributed by atoms with van der Waals surface area (Å²) in [5, 5.41) is 13.1. The van der Waals surface area contributed by atoms with E-state index in [1.54, 1.807) is 11.0 Å². The predicted molar refractivity (Wildman–Crippen MR) is 105 cm³/mol. The summed E-state index contributed by atoms with van der Waals surface area (Å²) in [7, 11) is 0. The van der Waals surface area contributed by atoms with Crippen LogP contribution in [0.3, 0.4) is 0 Å². The molecule has 2 aromatic rings. The van der Waals surface area contributed by atoms with Gasteiger partial charge in [-0.1, -0.05) is 37.0 Å². The molecule has 0 fully saturated rings. The normalized spacial score (nSPS) is 13.5. The van der Waals surface area contributed by atoms with Crippen LogP contribution in [0.1, 0.15) is 41.8 Å². The maximum Gasteiger partial charge on any atom is 0.323 e. The van der Waals surface area contributed by atoms with Gasteiger partial charge in [0.05, 0.1) is 17.1 Å². The molecule has 142 valence electrons. The highest BCUT2D eigenvalue weighted by Crippen LogP contribution is 2.33. The summed E-state index contributed by atoms with van der Waals surface area (Å²) in [6.07, 6.45) is 2.24. The fraction of sp³-hybridized carbons (Fsp3) is 0.316. The van der Waals surface area contributed by atoms with Crippen molar-refractivity contribution in [3.63, 3.8) is 0 Å². The monoisotopic (exact) mass is 407 g/mol. The van der Waals surface area contributed by atoms with E-state index in [0.29, 0.717) is 24.8 Å². The number of benzene rings is 1. The van der Waals surface area contributed by atoms with Gasteiger partial charge in [-0.2, -0.15) is 0 Å². The van der Waals surface area contributed by atoms with Gasteiger partial charge in [0, 0.05) is 28.9 Å². The summed E-state index contributed by atoms with van der Waals surface area (Å²) in [6.45, 7) is 5.17. The van der Waals surface area contributed by atoms with Crippen molar-refractivity contribution >= 4 is 40.8 Å². The van der Waals surface area contributed by atoms with Crippen LogP contribution in [0.4, 0.5) is 10.6 Å². The molecule has 0 radical (unpaired) electrons. The molecule has 0 bridgehead atoms. The third-order valence-corrected chi connectivity index (χ3v) is 4.86. The van der Waals surface area contributed by atoms with Gasteiger partial charge < -0.3 is 10.0 Å². The highest BCUT2D eigenvalue weighted by atomic mass is 35.5. The van der Waals surface area contributed by atoms with Crippen molar-refractivity contribution in [3.8, 4) is 5.75 Å². The molecule has 1 aliphatic heterocycles. The van der Waals surface area contributed by atoms with Crippen LogP contribution < -0.4 is 5.32 Å². The number of fused-ring (bicyclic) bond motifs is 1. The lowest BCUT2D eigenvalue weighted by Gasteiger charge is -2.29. The van der Waals surface area contributed by atoms with Crippen LogP contribution in [0.15, 0.2) is 24.4 Å². The lowest BCUT2D eigenvalue weighted by Crippen LogP contribution is -2.40. The fourth-order valence-electron chi connectivity index (χ4n) is 2.81.